The van der Waals surface area contributed by atoms with Crippen molar-refractivity contribution in [3.05, 3.63) is 71.8 Å². The Hall–Kier alpha value is -3.80. The number of benzene rings is 3. The highest BCUT2D eigenvalue weighted by Crippen LogP contribution is 2.29. The van der Waals surface area contributed by atoms with Crippen molar-refractivity contribution in [2.75, 3.05) is 19.5 Å². The molecule has 0 saturated carbocycles. The Morgan fingerprint density at radius 3 is 2.60 bits per heavy atom. The van der Waals surface area contributed by atoms with Crippen LogP contribution in [0, 0.1) is 6.92 Å². The van der Waals surface area contributed by atoms with E-state index in [0.717, 1.165) is 22.2 Å². The van der Waals surface area contributed by atoms with Crippen LogP contribution in [0.1, 0.15) is 11.1 Å². The van der Waals surface area contributed by atoms with Gasteiger partial charge in [0, 0.05) is 17.3 Å². The molecular formula is C24H22N2O4. The number of oxazole rings is 1. The number of fused-ring (bicyclic) bond motifs is 1. The Kier molecular flexibility index (Phi) is 5.39. The Balaban J connectivity index is 1.50. The minimum atomic E-state index is -0.139. The van der Waals surface area contributed by atoms with Crippen LogP contribution >= 0.6 is 0 Å². The summed E-state index contributed by atoms with van der Waals surface area (Å²) >= 11 is 0. The van der Waals surface area contributed by atoms with Gasteiger partial charge in [-0.3, -0.25) is 4.79 Å². The smallest absolute Gasteiger partial charge is 0.228 e. The number of hydrogen-bond acceptors (Lipinski definition) is 5. The summed E-state index contributed by atoms with van der Waals surface area (Å²) in [4.78, 5) is 17.0. The highest BCUT2D eigenvalue weighted by molar-refractivity contribution is 5.94. The molecule has 0 aliphatic heterocycles. The molecule has 0 spiro atoms. The van der Waals surface area contributed by atoms with Gasteiger partial charge in [-0.05, 0) is 48.9 Å². The second kappa shape index (κ2) is 8.29. The van der Waals surface area contributed by atoms with Crippen LogP contribution < -0.4 is 14.8 Å². The van der Waals surface area contributed by atoms with Gasteiger partial charge < -0.3 is 19.2 Å². The third kappa shape index (κ3) is 4.12. The molecule has 1 amide bonds. The van der Waals surface area contributed by atoms with Crippen LogP contribution in [0.3, 0.4) is 0 Å². The molecule has 0 aliphatic rings. The lowest BCUT2D eigenvalue weighted by atomic mass is 10.1. The van der Waals surface area contributed by atoms with E-state index in [1.165, 1.54) is 0 Å². The number of anilines is 1. The average molecular weight is 402 g/mol. The van der Waals surface area contributed by atoms with E-state index in [9.17, 15) is 4.79 Å². The minimum absolute atomic E-state index is 0.139. The number of carbonyl (C=O) groups excluding carboxylic acids is 1. The zero-order valence-corrected chi connectivity index (χ0v) is 17.1. The summed E-state index contributed by atoms with van der Waals surface area (Å²) in [5.41, 5.74) is 4.90. The monoisotopic (exact) mass is 402 g/mol. The maximum atomic E-state index is 12.5. The first-order valence-electron chi connectivity index (χ1n) is 9.54. The van der Waals surface area contributed by atoms with E-state index in [0.29, 0.717) is 28.7 Å². The Morgan fingerprint density at radius 2 is 1.83 bits per heavy atom. The zero-order valence-electron chi connectivity index (χ0n) is 17.1. The molecule has 0 atom stereocenters. The second-order valence-corrected chi connectivity index (χ2v) is 6.99. The third-order valence-electron chi connectivity index (χ3n) is 4.75. The molecule has 0 fully saturated rings. The van der Waals surface area contributed by atoms with E-state index in [2.05, 4.69) is 10.3 Å². The quantitative estimate of drug-likeness (QED) is 0.491. The number of ether oxygens (including phenoxy) is 2. The van der Waals surface area contributed by atoms with E-state index in [1.807, 2.05) is 49.4 Å². The van der Waals surface area contributed by atoms with E-state index in [-0.39, 0.29) is 12.3 Å². The van der Waals surface area contributed by atoms with Gasteiger partial charge in [-0.25, -0.2) is 4.98 Å². The van der Waals surface area contributed by atoms with E-state index < -0.39 is 0 Å². The van der Waals surface area contributed by atoms with E-state index in [4.69, 9.17) is 13.9 Å². The molecule has 4 rings (SSSR count). The zero-order chi connectivity index (χ0) is 21.1. The number of aromatic nitrogens is 1. The number of amides is 1. The Labute approximate surface area is 174 Å². The lowest BCUT2D eigenvalue weighted by Crippen LogP contribution is -2.14. The highest BCUT2D eigenvalue weighted by Gasteiger charge is 2.12. The minimum Gasteiger partial charge on any atom is -0.493 e. The lowest BCUT2D eigenvalue weighted by Gasteiger charge is -2.10. The number of hydrogen-bond donors (Lipinski definition) is 1. The SMILES string of the molecule is COc1ccc(CC(=O)Nc2ccc3nc(-c4cccc(C)c4)oc3c2)cc1OC. The predicted octanol–water partition coefficient (Wildman–Crippen LogP) is 5.00. The van der Waals surface area contributed by atoms with Crippen LogP contribution in [0.25, 0.3) is 22.6 Å². The third-order valence-corrected chi connectivity index (χ3v) is 4.75. The number of carbonyl (C=O) groups is 1. The summed E-state index contributed by atoms with van der Waals surface area (Å²) in [7, 11) is 3.15. The molecule has 30 heavy (non-hydrogen) atoms. The number of nitrogens with zero attached hydrogens (tertiary/aromatic N) is 1. The van der Waals surface area contributed by atoms with Crippen LogP contribution in [0.2, 0.25) is 0 Å². The van der Waals surface area contributed by atoms with Gasteiger partial charge >= 0.3 is 0 Å². The van der Waals surface area contributed by atoms with Gasteiger partial charge in [-0.15, -0.1) is 0 Å². The summed E-state index contributed by atoms with van der Waals surface area (Å²) in [6.45, 7) is 2.03. The van der Waals surface area contributed by atoms with Crippen molar-refractivity contribution < 1.29 is 18.7 Å². The van der Waals surface area contributed by atoms with Crippen molar-refractivity contribution in [2.24, 2.45) is 0 Å². The molecule has 1 N–H and O–H groups in total. The molecule has 4 aromatic rings. The molecule has 0 radical (unpaired) electrons. The van der Waals surface area contributed by atoms with E-state index >= 15 is 0 Å². The molecule has 0 unspecified atom stereocenters. The van der Waals surface area contributed by atoms with Gasteiger partial charge in [0.25, 0.3) is 0 Å². The highest BCUT2D eigenvalue weighted by atomic mass is 16.5. The fraction of sp³-hybridized carbons (Fsp3) is 0.167. The Morgan fingerprint density at radius 1 is 1.00 bits per heavy atom. The van der Waals surface area contributed by atoms with Crippen molar-refractivity contribution >= 4 is 22.7 Å². The number of nitrogens with one attached hydrogen (secondary N) is 1. The molecule has 0 aliphatic carbocycles. The van der Waals surface area contributed by atoms with Gasteiger partial charge in [0.1, 0.15) is 5.52 Å². The van der Waals surface area contributed by atoms with Crippen LogP contribution in [0.4, 0.5) is 5.69 Å². The van der Waals surface area contributed by atoms with Crippen LogP contribution in [-0.4, -0.2) is 25.1 Å². The molecule has 1 heterocycles. The second-order valence-electron chi connectivity index (χ2n) is 6.99. The van der Waals surface area contributed by atoms with Gasteiger partial charge in [-0.2, -0.15) is 0 Å². The van der Waals surface area contributed by atoms with Crippen LogP contribution in [-0.2, 0) is 11.2 Å². The lowest BCUT2D eigenvalue weighted by molar-refractivity contribution is -0.115. The summed E-state index contributed by atoms with van der Waals surface area (Å²) in [5.74, 6) is 1.64. The molecule has 152 valence electrons. The predicted molar refractivity (Wildman–Crippen MR) is 116 cm³/mol. The van der Waals surface area contributed by atoms with Crippen molar-refractivity contribution in [1.82, 2.24) is 4.98 Å². The Bertz CT molecular complexity index is 1210. The molecular weight excluding hydrogens is 380 g/mol. The largest absolute Gasteiger partial charge is 0.493 e. The molecule has 6 heteroatoms. The number of aryl methyl sites for hydroxylation is 1. The van der Waals surface area contributed by atoms with Crippen molar-refractivity contribution in [2.45, 2.75) is 13.3 Å². The number of rotatable bonds is 6. The molecule has 1 aromatic heterocycles. The molecule has 0 saturated heterocycles. The average Bonchev–Trinajstić information content (AvgIpc) is 3.17. The summed E-state index contributed by atoms with van der Waals surface area (Å²) in [5, 5.41) is 2.91. The van der Waals surface area contributed by atoms with Gasteiger partial charge in [0.05, 0.1) is 20.6 Å². The summed E-state index contributed by atoms with van der Waals surface area (Å²) in [6, 6.07) is 18.9. The van der Waals surface area contributed by atoms with Crippen molar-refractivity contribution in [3.8, 4) is 23.0 Å². The standard InChI is InChI=1S/C24H22N2O4/c1-15-5-4-6-17(11-15)24-26-19-9-8-18(14-21(19)30-24)25-23(27)13-16-7-10-20(28-2)22(12-16)29-3/h4-12,14H,13H2,1-3H3,(H,25,27). The molecule has 0 bridgehead atoms. The van der Waals surface area contributed by atoms with Gasteiger partial charge in [0.2, 0.25) is 11.8 Å². The maximum absolute atomic E-state index is 12.5. The van der Waals surface area contributed by atoms with Crippen LogP contribution in [0.5, 0.6) is 11.5 Å². The fourth-order valence-corrected chi connectivity index (χ4v) is 3.29. The van der Waals surface area contributed by atoms with Gasteiger partial charge in [0.15, 0.2) is 17.1 Å². The molecule has 6 nitrogen and oxygen atoms in total. The fourth-order valence-electron chi connectivity index (χ4n) is 3.29. The normalized spacial score (nSPS) is 10.8. The van der Waals surface area contributed by atoms with Gasteiger partial charge in [-0.1, -0.05) is 23.8 Å². The maximum Gasteiger partial charge on any atom is 0.228 e. The molecule has 3 aromatic carbocycles. The first-order chi connectivity index (χ1) is 14.6. The van der Waals surface area contributed by atoms with Crippen LogP contribution in [0.15, 0.2) is 65.1 Å². The first kappa shape index (κ1) is 19.5. The van der Waals surface area contributed by atoms with E-state index in [1.54, 1.807) is 32.4 Å². The van der Waals surface area contributed by atoms with Crippen molar-refractivity contribution in [3.63, 3.8) is 0 Å². The van der Waals surface area contributed by atoms with Crippen molar-refractivity contribution in [1.29, 1.82) is 0 Å². The number of methoxy groups -OCH3 is 2. The summed E-state index contributed by atoms with van der Waals surface area (Å²) in [6.07, 6.45) is 0.212. The first-order valence-corrected chi connectivity index (χ1v) is 9.54. The topological polar surface area (TPSA) is 73.6 Å². The summed E-state index contributed by atoms with van der Waals surface area (Å²) < 4.78 is 16.4.